The van der Waals surface area contributed by atoms with Crippen LogP contribution in [0.4, 0.5) is 11.6 Å². The number of methoxy groups -OCH3 is 1. The number of nitrogens with zero attached hydrogens (tertiary/aromatic N) is 3. The Bertz CT molecular complexity index is 423. The van der Waals surface area contributed by atoms with Gasteiger partial charge in [-0.05, 0) is 26.2 Å². The number of aromatic nitrogens is 2. The van der Waals surface area contributed by atoms with Crippen molar-refractivity contribution in [3.05, 3.63) is 11.4 Å². The lowest BCUT2D eigenvalue weighted by Gasteiger charge is -2.22. The van der Waals surface area contributed by atoms with Crippen molar-refractivity contribution in [2.45, 2.75) is 46.5 Å². The largest absolute Gasteiger partial charge is 0.385 e. The number of rotatable bonds is 10. The first-order valence-electron chi connectivity index (χ1n) is 7.95. The Balaban J connectivity index is 2.95. The molecule has 0 aliphatic heterocycles. The second kappa shape index (κ2) is 9.55. The molecule has 0 atom stereocenters. The third kappa shape index (κ3) is 5.50. The van der Waals surface area contributed by atoms with Gasteiger partial charge in [-0.15, -0.1) is 0 Å². The summed E-state index contributed by atoms with van der Waals surface area (Å²) in [6.45, 7) is 9.06. The van der Waals surface area contributed by atoms with Crippen LogP contribution < -0.4 is 10.2 Å². The third-order valence-electron chi connectivity index (χ3n) is 3.39. The van der Waals surface area contributed by atoms with Crippen molar-refractivity contribution in [2.24, 2.45) is 0 Å². The van der Waals surface area contributed by atoms with Crippen LogP contribution in [0.3, 0.4) is 0 Å². The molecule has 0 spiro atoms. The lowest BCUT2D eigenvalue weighted by Crippen LogP contribution is -2.23. The molecular weight excluding hydrogens is 264 g/mol. The molecule has 5 heteroatoms. The van der Waals surface area contributed by atoms with Crippen LogP contribution in [0.15, 0.2) is 0 Å². The molecule has 0 aliphatic rings. The molecule has 0 aliphatic carbocycles. The van der Waals surface area contributed by atoms with Gasteiger partial charge >= 0.3 is 0 Å². The molecule has 0 amide bonds. The smallest absolute Gasteiger partial charge is 0.137 e. The number of hydrogen-bond acceptors (Lipinski definition) is 5. The van der Waals surface area contributed by atoms with Crippen molar-refractivity contribution in [2.75, 3.05) is 44.1 Å². The molecular formula is C16H30N4O. The van der Waals surface area contributed by atoms with Gasteiger partial charge in [0.1, 0.15) is 17.5 Å². The van der Waals surface area contributed by atoms with Gasteiger partial charge in [0.15, 0.2) is 0 Å². The van der Waals surface area contributed by atoms with E-state index in [0.717, 1.165) is 68.4 Å². The fraction of sp³-hybridized carbons (Fsp3) is 0.750. The summed E-state index contributed by atoms with van der Waals surface area (Å²) in [5.41, 5.74) is 1.13. The van der Waals surface area contributed by atoms with Crippen molar-refractivity contribution < 1.29 is 4.74 Å². The zero-order valence-electron chi connectivity index (χ0n) is 14.2. The van der Waals surface area contributed by atoms with E-state index in [1.807, 2.05) is 0 Å². The van der Waals surface area contributed by atoms with Crippen LogP contribution in [0.1, 0.15) is 44.5 Å². The molecule has 1 rings (SSSR count). The predicted octanol–water partition coefficient (Wildman–Crippen LogP) is 3.03. The van der Waals surface area contributed by atoms with Gasteiger partial charge in [-0.1, -0.05) is 13.8 Å². The Morgan fingerprint density at radius 3 is 2.57 bits per heavy atom. The zero-order chi connectivity index (χ0) is 15.7. The van der Waals surface area contributed by atoms with E-state index in [4.69, 9.17) is 9.72 Å². The van der Waals surface area contributed by atoms with Gasteiger partial charge in [0, 0.05) is 45.8 Å². The fourth-order valence-corrected chi connectivity index (χ4v) is 2.22. The van der Waals surface area contributed by atoms with Crippen molar-refractivity contribution >= 4 is 11.6 Å². The van der Waals surface area contributed by atoms with Gasteiger partial charge in [0.05, 0.1) is 0 Å². The Morgan fingerprint density at radius 2 is 1.95 bits per heavy atom. The first-order chi connectivity index (χ1) is 10.1. The van der Waals surface area contributed by atoms with E-state index in [-0.39, 0.29) is 0 Å². The quantitative estimate of drug-likeness (QED) is 0.672. The first-order valence-corrected chi connectivity index (χ1v) is 7.95. The topological polar surface area (TPSA) is 50.3 Å². The summed E-state index contributed by atoms with van der Waals surface area (Å²) in [5, 5.41) is 3.42. The second-order valence-electron chi connectivity index (χ2n) is 5.38. The van der Waals surface area contributed by atoms with Gasteiger partial charge in [-0.3, -0.25) is 0 Å². The van der Waals surface area contributed by atoms with Gasteiger partial charge in [-0.2, -0.15) is 0 Å². The summed E-state index contributed by atoms with van der Waals surface area (Å²) < 4.78 is 5.13. The molecule has 1 heterocycles. The van der Waals surface area contributed by atoms with Crippen LogP contribution in [0, 0.1) is 6.92 Å². The van der Waals surface area contributed by atoms with Crippen molar-refractivity contribution in [1.29, 1.82) is 0 Å². The minimum absolute atomic E-state index is 0.775. The molecule has 120 valence electrons. The molecule has 0 radical (unpaired) electrons. The fourth-order valence-electron chi connectivity index (χ4n) is 2.22. The second-order valence-corrected chi connectivity index (χ2v) is 5.38. The number of aryl methyl sites for hydroxylation is 1. The molecule has 5 nitrogen and oxygen atoms in total. The van der Waals surface area contributed by atoms with Crippen molar-refractivity contribution in [1.82, 2.24) is 9.97 Å². The van der Waals surface area contributed by atoms with Crippen LogP contribution in [0.5, 0.6) is 0 Å². The van der Waals surface area contributed by atoms with E-state index in [2.05, 4.69) is 43.0 Å². The van der Waals surface area contributed by atoms with Crippen LogP contribution in [-0.2, 0) is 11.2 Å². The van der Waals surface area contributed by atoms with Crippen LogP contribution >= 0.6 is 0 Å². The SMILES string of the molecule is CCCNc1nc(CCC)nc(N(C)CCCOC)c1C. The van der Waals surface area contributed by atoms with Gasteiger partial charge in [0.2, 0.25) is 0 Å². The van der Waals surface area contributed by atoms with E-state index in [0.29, 0.717) is 0 Å². The average molecular weight is 294 g/mol. The molecule has 0 saturated carbocycles. The summed E-state index contributed by atoms with van der Waals surface area (Å²) in [7, 11) is 3.83. The minimum Gasteiger partial charge on any atom is -0.385 e. The molecule has 1 aromatic rings. The van der Waals surface area contributed by atoms with Crippen molar-refractivity contribution in [3.63, 3.8) is 0 Å². The maximum atomic E-state index is 5.13. The Kier molecular flexibility index (Phi) is 8.05. The first kappa shape index (κ1) is 17.7. The Hall–Kier alpha value is -1.36. The summed E-state index contributed by atoms with van der Waals surface area (Å²) in [4.78, 5) is 11.6. The maximum Gasteiger partial charge on any atom is 0.137 e. The lowest BCUT2D eigenvalue weighted by molar-refractivity contribution is 0.196. The van der Waals surface area contributed by atoms with E-state index >= 15 is 0 Å². The highest BCUT2D eigenvalue weighted by atomic mass is 16.5. The van der Waals surface area contributed by atoms with E-state index in [9.17, 15) is 0 Å². The number of anilines is 2. The average Bonchev–Trinajstić information content (AvgIpc) is 2.47. The molecule has 1 N–H and O–H groups in total. The van der Waals surface area contributed by atoms with Gasteiger partial charge in [-0.25, -0.2) is 9.97 Å². The summed E-state index contributed by atoms with van der Waals surface area (Å²) in [6.07, 6.45) is 4.06. The van der Waals surface area contributed by atoms with Crippen LogP contribution in [0.25, 0.3) is 0 Å². The van der Waals surface area contributed by atoms with Gasteiger partial charge in [0.25, 0.3) is 0 Å². The molecule has 0 unspecified atom stereocenters. The Labute approximate surface area is 129 Å². The van der Waals surface area contributed by atoms with Gasteiger partial charge < -0.3 is 15.0 Å². The molecule has 0 aromatic carbocycles. The number of nitrogens with one attached hydrogen (secondary N) is 1. The molecule has 0 fully saturated rings. The summed E-state index contributed by atoms with van der Waals surface area (Å²) in [5.74, 6) is 2.93. The minimum atomic E-state index is 0.775. The standard InChI is InChI=1S/C16H30N4O/c1-6-9-14-18-15(17-10-7-2)13(3)16(19-14)20(4)11-8-12-21-5/h6-12H2,1-5H3,(H,17,18,19). The van der Waals surface area contributed by atoms with Crippen LogP contribution in [0.2, 0.25) is 0 Å². The maximum absolute atomic E-state index is 5.13. The van der Waals surface area contributed by atoms with Crippen molar-refractivity contribution in [3.8, 4) is 0 Å². The zero-order valence-corrected chi connectivity index (χ0v) is 14.2. The molecule has 1 aromatic heterocycles. The molecule has 0 saturated heterocycles. The van der Waals surface area contributed by atoms with Crippen LogP contribution in [-0.4, -0.2) is 43.8 Å². The normalized spacial score (nSPS) is 10.7. The Morgan fingerprint density at radius 1 is 1.19 bits per heavy atom. The van der Waals surface area contributed by atoms with E-state index in [1.54, 1.807) is 7.11 Å². The highest BCUT2D eigenvalue weighted by Gasteiger charge is 2.13. The number of hydrogen-bond donors (Lipinski definition) is 1. The highest BCUT2D eigenvalue weighted by Crippen LogP contribution is 2.23. The monoisotopic (exact) mass is 294 g/mol. The number of ether oxygens (including phenoxy) is 1. The van der Waals surface area contributed by atoms with E-state index in [1.165, 1.54) is 0 Å². The highest BCUT2D eigenvalue weighted by molar-refractivity contribution is 5.58. The lowest BCUT2D eigenvalue weighted by atomic mass is 10.2. The summed E-state index contributed by atoms with van der Waals surface area (Å²) in [6, 6.07) is 0. The summed E-state index contributed by atoms with van der Waals surface area (Å²) >= 11 is 0. The van der Waals surface area contributed by atoms with E-state index < -0.39 is 0 Å². The molecule has 21 heavy (non-hydrogen) atoms. The molecule has 0 bridgehead atoms. The predicted molar refractivity (Wildman–Crippen MR) is 89.3 cm³/mol. The third-order valence-corrected chi connectivity index (χ3v) is 3.39.